The summed E-state index contributed by atoms with van der Waals surface area (Å²) in [6, 6.07) is 14.1. The molecule has 0 spiro atoms. The first-order valence-electron chi connectivity index (χ1n) is 15.2. The highest BCUT2D eigenvalue weighted by molar-refractivity contribution is 7.80. The Morgan fingerprint density at radius 3 is 2.52 bits per heavy atom. The van der Waals surface area contributed by atoms with Gasteiger partial charge in [0.05, 0.1) is 31.4 Å². The van der Waals surface area contributed by atoms with Gasteiger partial charge >= 0.3 is 0 Å². The molecule has 2 aromatic carbocycles. The predicted octanol–water partition coefficient (Wildman–Crippen LogP) is 7.42. The Morgan fingerprint density at radius 2 is 1.88 bits per heavy atom. The first kappa shape index (κ1) is 30.1. The molecule has 0 saturated carbocycles. The molecule has 3 aromatic rings. The van der Waals surface area contributed by atoms with Crippen LogP contribution in [-0.2, 0) is 4.74 Å². The zero-order chi connectivity index (χ0) is 29.6. The van der Waals surface area contributed by atoms with Crippen molar-refractivity contribution in [3.05, 3.63) is 66.9 Å². The molecule has 3 saturated heterocycles. The number of pyridine rings is 1. The maximum Gasteiger partial charge on any atom is 0.262 e. The Labute approximate surface area is 255 Å². The number of thiocarbonyl (C=S) groups is 1. The number of piperidine rings is 3. The molecule has 42 heavy (non-hydrogen) atoms. The minimum Gasteiger partial charge on any atom is -0.493 e. The second kappa shape index (κ2) is 13.7. The number of para-hydroxylation sites is 1. The van der Waals surface area contributed by atoms with E-state index in [2.05, 4.69) is 53.8 Å². The second-order valence-corrected chi connectivity index (χ2v) is 11.8. The van der Waals surface area contributed by atoms with Crippen molar-refractivity contribution in [2.75, 3.05) is 38.2 Å². The highest BCUT2D eigenvalue weighted by Gasteiger charge is 2.44. The Balaban J connectivity index is 1.51. The van der Waals surface area contributed by atoms with Crippen molar-refractivity contribution in [2.45, 2.75) is 52.7 Å². The van der Waals surface area contributed by atoms with Gasteiger partial charge in [-0.2, -0.15) is 0 Å². The summed E-state index contributed by atoms with van der Waals surface area (Å²) in [6.45, 7) is 16.0. The molecule has 1 unspecified atom stereocenters. The fourth-order valence-corrected chi connectivity index (χ4v) is 6.43. The van der Waals surface area contributed by atoms with E-state index in [1.54, 1.807) is 0 Å². The molecule has 3 aliphatic heterocycles. The third kappa shape index (κ3) is 6.65. The van der Waals surface area contributed by atoms with Crippen LogP contribution in [0.1, 0.15) is 52.2 Å². The molecule has 3 fully saturated rings. The van der Waals surface area contributed by atoms with Crippen LogP contribution in [0.4, 0.5) is 5.69 Å². The number of aromatic nitrogens is 1. The number of benzene rings is 2. The van der Waals surface area contributed by atoms with Crippen molar-refractivity contribution in [1.29, 1.82) is 0 Å². The summed E-state index contributed by atoms with van der Waals surface area (Å²) in [6.07, 6.45) is 5.84. The van der Waals surface area contributed by atoms with Crippen LogP contribution in [0.25, 0.3) is 10.9 Å². The number of ether oxygens (including phenoxy) is 4. The van der Waals surface area contributed by atoms with Gasteiger partial charge in [-0.25, -0.2) is 0 Å². The lowest BCUT2D eigenvalue weighted by molar-refractivity contribution is -0.0386. The monoisotopic (exact) mass is 589 g/mol. The molecule has 1 aromatic heterocycles. The highest BCUT2D eigenvalue weighted by Crippen LogP contribution is 2.44. The van der Waals surface area contributed by atoms with E-state index in [4.69, 9.17) is 31.2 Å². The van der Waals surface area contributed by atoms with Crippen molar-refractivity contribution in [3.8, 4) is 17.2 Å². The zero-order valence-corrected chi connectivity index (χ0v) is 26.0. The standard InChI is InChI=1S/C34H43N3O4S/c1-6-23-20-37-17-15-24(23)18-29(37)33(26-14-16-35-28-13-12-25(19-27(26)28)40-21-22(4)5)41-34(42)36-32-30(38-7-2)10-9-11-31(32)39-8-3/h6,9-14,16,19,22-24,29,33H,1,7-8,15,17-18,20-21H2,2-5H3,(H,36,42)/t23-,24-,29-,33+/m0/s1. The van der Waals surface area contributed by atoms with Gasteiger partial charge < -0.3 is 24.3 Å². The fourth-order valence-electron chi connectivity index (χ4n) is 6.22. The number of rotatable bonds is 12. The molecule has 2 bridgehead atoms. The van der Waals surface area contributed by atoms with Gasteiger partial charge in [0, 0.05) is 23.7 Å². The lowest BCUT2D eigenvalue weighted by atomic mass is 9.73. The van der Waals surface area contributed by atoms with Crippen LogP contribution in [0.2, 0.25) is 0 Å². The Kier molecular flexibility index (Phi) is 9.85. The third-order valence-corrected chi connectivity index (χ3v) is 8.39. The summed E-state index contributed by atoms with van der Waals surface area (Å²) in [5, 5.41) is 4.61. The largest absolute Gasteiger partial charge is 0.493 e. The molecule has 0 radical (unpaired) electrons. The number of fused-ring (bicyclic) bond motifs is 4. The fraction of sp³-hybridized carbons (Fsp3) is 0.471. The average molecular weight is 590 g/mol. The van der Waals surface area contributed by atoms with E-state index >= 15 is 0 Å². The summed E-state index contributed by atoms with van der Waals surface area (Å²) >= 11 is 5.90. The van der Waals surface area contributed by atoms with E-state index in [1.165, 1.54) is 6.42 Å². The van der Waals surface area contributed by atoms with Crippen molar-refractivity contribution < 1.29 is 18.9 Å². The number of hydrogen-bond acceptors (Lipinski definition) is 7. The number of anilines is 1. The third-order valence-electron chi connectivity index (χ3n) is 8.19. The van der Waals surface area contributed by atoms with E-state index in [9.17, 15) is 0 Å². The SMILES string of the molecule is C=C[C@H]1CN2CC[C@H]1C[C@H]2[C@H](OC(=S)Nc1c(OCC)cccc1OCC)c1ccnc2ccc(OCC(C)C)cc12. The molecule has 8 heteroatoms. The molecule has 1 N–H and O–H groups in total. The maximum atomic E-state index is 6.79. The summed E-state index contributed by atoms with van der Waals surface area (Å²) in [5.74, 6) is 3.67. The quantitative estimate of drug-likeness (QED) is 0.173. The maximum absolute atomic E-state index is 6.79. The molecular formula is C34H43N3O4S. The summed E-state index contributed by atoms with van der Waals surface area (Å²) < 4.78 is 24.7. The van der Waals surface area contributed by atoms with Crippen LogP contribution in [0.5, 0.6) is 17.2 Å². The zero-order valence-electron chi connectivity index (χ0n) is 25.2. The van der Waals surface area contributed by atoms with Crippen LogP contribution < -0.4 is 19.5 Å². The van der Waals surface area contributed by atoms with Crippen molar-refractivity contribution in [3.63, 3.8) is 0 Å². The van der Waals surface area contributed by atoms with Gasteiger partial charge in [-0.15, -0.1) is 6.58 Å². The molecule has 6 rings (SSSR count). The number of hydrogen-bond donors (Lipinski definition) is 1. The summed E-state index contributed by atoms with van der Waals surface area (Å²) in [4.78, 5) is 7.22. The molecule has 4 heterocycles. The van der Waals surface area contributed by atoms with E-state index in [0.29, 0.717) is 54.8 Å². The molecule has 0 amide bonds. The minimum atomic E-state index is -0.320. The van der Waals surface area contributed by atoms with Crippen LogP contribution in [-0.4, -0.2) is 54.0 Å². The molecule has 5 atom stereocenters. The van der Waals surface area contributed by atoms with E-state index in [-0.39, 0.29) is 17.3 Å². The van der Waals surface area contributed by atoms with Crippen molar-refractivity contribution >= 4 is 34.0 Å². The first-order valence-corrected chi connectivity index (χ1v) is 15.6. The van der Waals surface area contributed by atoms with Crippen molar-refractivity contribution in [2.24, 2.45) is 17.8 Å². The highest BCUT2D eigenvalue weighted by atomic mass is 32.1. The van der Waals surface area contributed by atoms with E-state index < -0.39 is 0 Å². The molecule has 3 aliphatic rings. The lowest BCUT2D eigenvalue weighted by Gasteiger charge is -2.51. The lowest BCUT2D eigenvalue weighted by Crippen LogP contribution is -2.55. The Morgan fingerprint density at radius 1 is 1.12 bits per heavy atom. The topological polar surface area (TPSA) is 65.1 Å². The van der Waals surface area contributed by atoms with Gasteiger partial charge in [-0.05, 0) is 99.6 Å². The van der Waals surface area contributed by atoms with Gasteiger partial charge in [-0.3, -0.25) is 9.88 Å². The first-order chi connectivity index (χ1) is 20.4. The summed E-state index contributed by atoms with van der Waals surface area (Å²) in [7, 11) is 0. The van der Waals surface area contributed by atoms with Gasteiger partial charge in [0.1, 0.15) is 29.0 Å². The van der Waals surface area contributed by atoms with Crippen LogP contribution in [0, 0.1) is 17.8 Å². The Bertz CT molecular complexity index is 1370. The molecule has 224 valence electrons. The smallest absolute Gasteiger partial charge is 0.262 e. The number of nitrogens with zero attached hydrogens (tertiary/aromatic N) is 2. The molecule has 7 nitrogen and oxygen atoms in total. The average Bonchev–Trinajstić information content (AvgIpc) is 3.00. The van der Waals surface area contributed by atoms with Crippen LogP contribution in [0.15, 0.2) is 61.3 Å². The second-order valence-electron chi connectivity index (χ2n) is 11.5. The summed E-state index contributed by atoms with van der Waals surface area (Å²) in [5.41, 5.74) is 2.62. The molecule has 0 aliphatic carbocycles. The number of nitrogens with one attached hydrogen (secondary N) is 1. The molecular weight excluding hydrogens is 546 g/mol. The van der Waals surface area contributed by atoms with Crippen molar-refractivity contribution in [1.82, 2.24) is 9.88 Å². The van der Waals surface area contributed by atoms with Crippen LogP contribution >= 0.6 is 12.2 Å². The Hall–Kier alpha value is -3.36. The van der Waals surface area contributed by atoms with Gasteiger partial charge in [0.15, 0.2) is 0 Å². The van der Waals surface area contributed by atoms with E-state index in [0.717, 1.165) is 41.7 Å². The minimum absolute atomic E-state index is 0.152. The van der Waals surface area contributed by atoms with Gasteiger partial charge in [0.2, 0.25) is 0 Å². The van der Waals surface area contributed by atoms with Gasteiger partial charge in [0.25, 0.3) is 5.17 Å². The van der Waals surface area contributed by atoms with E-state index in [1.807, 2.05) is 50.4 Å². The van der Waals surface area contributed by atoms with Crippen LogP contribution in [0.3, 0.4) is 0 Å². The normalized spacial score (nSPS) is 22.0. The predicted molar refractivity (Wildman–Crippen MR) is 173 cm³/mol. The van der Waals surface area contributed by atoms with Gasteiger partial charge in [-0.1, -0.05) is 26.0 Å².